The van der Waals surface area contributed by atoms with Crippen molar-refractivity contribution in [2.45, 2.75) is 38.1 Å². The molecule has 0 saturated carbocycles. The number of amides is 1. The van der Waals surface area contributed by atoms with Crippen molar-refractivity contribution >= 4 is 31.9 Å². The Hall–Kier alpha value is -1.70. The third kappa shape index (κ3) is 5.64. The molecule has 146 valence electrons. The molecule has 0 aliphatic rings. The van der Waals surface area contributed by atoms with Gasteiger partial charge in [-0.3, -0.25) is 4.79 Å². The molecule has 0 radical (unpaired) electrons. The number of rotatable bonds is 8. The predicted octanol–water partition coefficient (Wildman–Crippen LogP) is 3.90. The smallest absolute Gasteiger partial charge is 0.243 e. The number of carbonyl (C=O) groups excluding carboxylic acids is 1. The summed E-state index contributed by atoms with van der Waals surface area (Å²) in [6.45, 7) is 6.39. The van der Waals surface area contributed by atoms with Gasteiger partial charge < -0.3 is 5.32 Å². The Morgan fingerprint density at radius 2 is 1.59 bits per heavy atom. The molecular weight excluding hydrogens is 428 g/mol. The van der Waals surface area contributed by atoms with E-state index < -0.39 is 10.0 Å². The average Bonchev–Trinajstić information content (AvgIpc) is 2.64. The van der Waals surface area contributed by atoms with Crippen molar-refractivity contribution in [3.05, 3.63) is 64.1 Å². The molecule has 0 aliphatic heterocycles. The van der Waals surface area contributed by atoms with Gasteiger partial charge in [-0.05, 0) is 42.3 Å². The van der Waals surface area contributed by atoms with Gasteiger partial charge in [-0.1, -0.05) is 54.0 Å². The van der Waals surface area contributed by atoms with E-state index in [4.69, 9.17) is 0 Å². The van der Waals surface area contributed by atoms with Crippen LogP contribution in [0.1, 0.15) is 37.9 Å². The lowest BCUT2D eigenvalue weighted by Crippen LogP contribution is -2.30. The van der Waals surface area contributed by atoms with Crippen molar-refractivity contribution in [3.63, 3.8) is 0 Å². The van der Waals surface area contributed by atoms with E-state index in [0.29, 0.717) is 19.5 Å². The third-order valence-corrected chi connectivity index (χ3v) is 6.97. The molecule has 1 atom stereocenters. The summed E-state index contributed by atoms with van der Waals surface area (Å²) in [5.41, 5.74) is 1.79. The highest BCUT2D eigenvalue weighted by Gasteiger charge is 2.21. The highest BCUT2D eigenvalue weighted by molar-refractivity contribution is 9.10. The molecule has 0 heterocycles. The lowest BCUT2D eigenvalue weighted by molar-refractivity contribution is -0.121. The predicted molar refractivity (Wildman–Crippen MR) is 111 cm³/mol. The third-order valence-electron chi connectivity index (χ3n) is 4.38. The fourth-order valence-corrected chi connectivity index (χ4v) is 4.53. The molecule has 2 aromatic carbocycles. The van der Waals surface area contributed by atoms with Gasteiger partial charge in [-0.25, -0.2) is 8.42 Å². The van der Waals surface area contributed by atoms with Crippen LogP contribution in [0.4, 0.5) is 0 Å². The molecule has 0 bridgehead atoms. The van der Waals surface area contributed by atoms with Crippen LogP contribution in [-0.4, -0.2) is 31.7 Å². The molecule has 2 rings (SSSR count). The molecule has 1 N–H and O–H groups in total. The summed E-state index contributed by atoms with van der Waals surface area (Å²) >= 11 is 3.37. The van der Waals surface area contributed by atoms with Crippen LogP contribution in [0, 0.1) is 0 Å². The zero-order valence-corrected chi connectivity index (χ0v) is 18.2. The van der Waals surface area contributed by atoms with Gasteiger partial charge in [0, 0.05) is 17.6 Å². The standard InChI is InChI=1S/C20H25BrN2O3S/c1-4-23(5-2)27(25,26)19-12-8-17(9-13-19)15(3)22-20(24)14-16-6-10-18(21)11-7-16/h6-13,15H,4-5,14H2,1-3H3,(H,22,24). The summed E-state index contributed by atoms with van der Waals surface area (Å²) in [4.78, 5) is 12.5. The first kappa shape index (κ1) is 21.6. The molecule has 5 nitrogen and oxygen atoms in total. The fraction of sp³-hybridized carbons (Fsp3) is 0.350. The van der Waals surface area contributed by atoms with Gasteiger partial charge in [0.1, 0.15) is 0 Å². The first-order chi connectivity index (χ1) is 12.8. The van der Waals surface area contributed by atoms with Crippen LogP contribution in [-0.2, 0) is 21.2 Å². The van der Waals surface area contributed by atoms with Crippen molar-refractivity contribution in [1.29, 1.82) is 0 Å². The van der Waals surface area contributed by atoms with Gasteiger partial charge in [-0.15, -0.1) is 0 Å². The van der Waals surface area contributed by atoms with E-state index >= 15 is 0 Å². The van der Waals surface area contributed by atoms with E-state index in [1.807, 2.05) is 45.0 Å². The van der Waals surface area contributed by atoms with Crippen LogP contribution in [0.3, 0.4) is 0 Å². The van der Waals surface area contributed by atoms with Crippen molar-refractivity contribution in [2.75, 3.05) is 13.1 Å². The van der Waals surface area contributed by atoms with Crippen LogP contribution in [0.2, 0.25) is 0 Å². The molecule has 0 saturated heterocycles. The zero-order chi connectivity index (χ0) is 20.0. The summed E-state index contributed by atoms with van der Waals surface area (Å²) in [5.74, 6) is -0.0790. The normalized spacial score (nSPS) is 12.8. The number of carbonyl (C=O) groups is 1. The highest BCUT2D eigenvalue weighted by atomic mass is 79.9. The maximum absolute atomic E-state index is 12.5. The molecule has 7 heteroatoms. The largest absolute Gasteiger partial charge is 0.349 e. The van der Waals surface area contributed by atoms with Crippen molar-refractivity contribution in [3.8, 4) is 0 Å². The lowest BCUT2D eigenvalue weighted by atomic mass is 10.1. The number of nitrogens with zero attached hydrogens (tertiary/aromatic N) is 1. The molecule has 2 aromatic rings. The minimum absolute atomic E-state index is 0.0790. The minimum atomic E-state index is -3.47. The van der Waals surface area contributed by atoms with E-state index in [2.05, 4.69) is 21.2 Å². The van der Waals surface area contributed by atoms with Crippen LogP contribution in [0.15, 0.2) is 57.9 Å². The SMILES string of the molecule is CCN(CC)S(=O)(=O)c1ccc(C(C)NC(=O)Cc2ccc(Br)cc2)cc1. The van der Waals surface area contributed by atoms with E-state index in [1.165, 1.54) is 4.31 Å². The van der Waals surface area contributed by atoms with Gasteiger partial charge >= 0.3 is 0 Å². The second-order valence-corrected chi connectivity index (χ2v) is 9.10. The molecular formula is C20H25BrN2O3S. The van der Waals surface area contributed by atoms with Gasteiger partial charge in [0.15, 0.2) is 0 Å². The fourth-order valence-electron chi connectivity index (χ4n) is 2.80. The summed E-state index contributed by atoms with van der Waals surface area (Å²) in [6.07, 6.45) is 0.298. The maximum atomic E-state index is 12.5. The number of halogens is 1. The summed E-state index contributed by atoms with van der Waals surface area (Å²) < 4.78 is 27.5. The Kier molecular flexibility index (Phi) is 7.59. The van der Waals surface area contributed by atoms with E-state index in [1.54, 1.807) is 24.3 Å². The molecule has 0 spiro atoms. The number of nitrogens with one attached hydrogen (secondary N) is 1. The topological polar surface area (TPSA) is 66.5 Å². The Morgan fingerprint density at radius 3 is 2.11 bits per heavy atom. The molecule has 0 aliphatic carbocycles. The highest BCUT2D eigenvalue weighted by Crippen LogP contribution is 2.19. The van der Waals surface area contributed by atoms with Crippen LogP contribution < -0.4 is 5.32 Å². The monoisotopic (exact) mass is 452 g/mol. The summed E-state index contributed by atoms with van der Waals surface area (Å²) in [7, 11) is -3.47. The Balaban J connectivity index is 2.03. The number of benzene rings is 2. The van der Waals surface area contributed by atoms with Gasteiger partial charge in [0.2, 0.25) is 15.9 Å². The van der Waals surface area contributed by atoms with Crippen LogP contribution in [0.25, 0.3) is 0 Å². The van der Waals surface area contributed by atoms with Crippen LogP contribution >= 0.6 is 15.9 Å². The second kappa shape index (κ2) is 9.48. The Bertz CT molecular complexity index is 861. The van der Waals surface area contributed by atoms with Gasteiger partial charge in [0.05, 0.1) is 17.4 Å². The first-order valence-electron chi connectivity index (χ1n) is 8.91. The van der Waals surface area contributed by atoms with E-state index in [-0.39, 0.29) is 16.8 Å². The first-order valence-corrected chi connectivity index (χ1v) is 11.1. The van der Waals surface area contributed by atoms with Gasteiger partial charge in [-0.2, -0.15) is 4.31 Å². The maximum Gasteiger partial charge on any atom is 0.243 e. The quantitative estimate of drug-likeness (QED) is 0.660. The molecule has 0 fully saturated rings. The van der Waals surface area contributed by atoms with Crippen molar-refractivity contribution in [1.82, 2.24) is 9.62 Å². The molecule has 1 amide bonds. The Morgan fingerprint density at radius 1 is 1.04 bits per heavy atom. The minimum Gasteiger partial charge on any atom is -0.349 e. The summed E-state index contributed by atoms with van der Waals surface area (Å²) in [6, 6.07) is 14.1. The number of hydrogen-bond donors (Lipinski definition) is 1. The second-order valence-electron chi connectivity index (χ2n) is 6.25. The van der Waals surface area contributed by atoms with Crippen molar-refractivity contribution < 1.29 is 13.2 Å². The molecule has 27 heavy (non-hydrogen) atoms. The number of sulfonamides is 1. The number of hydrogen-bond acceptors (Lipinski definition) is 3. The van der Waals surface area contributed by atoms with E-state index in [0.717, 1.165) is 15.6 Å². The zero-order valence-electron chi connectivity index (χ0n) is 15.8. The van der Waals surface area contributed by atoms with E-state index in [9.17, 15) is 13.2 Å². The Labute approximate surface area is 170 Å². The molecule has 0 aromatic heterocycles. The van der Waals surface area contributed by atoms with Crippen LogP contribution in [0.5, 0.6) is 0 Å². The van der Waals surface area contributed by atoms with Crippen molar-refractivity contribution in [2.24, 2.45) is 0 Å². The lowest BCUT2D eigenvalue weighted by Gasteiger charge is -2.19. The summed E-state index contributed by atoms with van der Waals surface area (Å²) in [5, 5.41) is 2.95. The molecule has 1 unspecified atom stereocenters. The van der Waals surface area contributed by atoms with Gasteiger partial charge in [0.25, 0.3) is 0 Å². The average molecular weight is 453 g/mol.